The minimum absolute atomic E-state index is 0.0197. The van der Waals surface area contributed by atoms with Crippen LogP contribution in [0.5, 0.6) is 0 Å². The number of amides is 1. The molecule has 1 fully saturated rings. The van der Waals surface area contributed by atoms with Crippen molar-refractivity contribution in [1.29, 1.82) is 0 Å². The Hall–Kier alpha value is -2.38. The summed E-state index contributed by atoms with van der Waals surface area (Å²) >= 11 is 0. The van der Waals surface area contributed by atoms with Crippen molar-refractivity contribution < 1.29 is 14.7 Å². The van der Waals surface area contributed by atoms with Crippen LogP contribution < -0.4 is 11.2 Å². The first-order valence-electron chi connectivity index (χ1n) is 5.75. The van der Waals surface area contributed by atoms with Gasteiger partial charge in [0.15, 0.2) is 0 Å². The third kappa shape index (κ3) is 3.09. The second-order valence-corrected chi connectivity index (χ2v) is 4.50. The first-order valence-corrected chi connectivity index (χ1v) is 5.75. The molecule has 2 rings (SSSR count). The summed E-state index contributed by atoms with van der Waals surface area (Å²) in [5.74, 6) is -1.17. The van der Waals surface area contributed by atoms with Gasteiger partial charge in [0.1, 0.15) is 6.54 Å². The zero-order valence-corrected chi connectivity index (χ0v) is 10.0. The fraction of sp³-hybridized carbons (Fsp3) is 0.455. The minimum Gasteiger partial charge on any atom is -0.481 e. The first kappa shape index (κ1) is 13.1. The molecule has 2 N–H and O–H groups in total. The standard InChI is InChI=1S/C11H13N3O5/c15-8-1-2-13(11(19)12-8)6-9(16)14-4-7(5-14)3-10(17)18/h1-2,7H,3-6H2,(H,17,18)(H,12,15,19). The van der Waals surface area contributed by atoms with Gasteiger partial charge in [-0.3, -0.25) is 23.9 Å². The molecule has 0 unspecified atom stereocenters. The quantitative estimate of drug-likeness (QED) is 0.687. The number of nitrogens with one attached hydrogen (secondary N) is 1. The number of aromatic amines is 1. The SMILES string of the molecule is O=C(O)CC1CN(C(=O)Cn2ccc(=O)[nH]c2=O)C1. The van der Waals surface area contributed by atoms with Gasteiger partial charge in [0.2, 0.25) is 5.91 Å². The van der Waals surface area contributed by atoms with E-state index in [1.54, 1.807) is 0 Å². The van der Waals surface area contributed by atoms with Crippen molar-refractivity contribution in [2.75, 3.05) is 13.1 Å². The van der Waals surface area contributed by atoms with Gasteiger partial charge < -0.3 is 10.0 Å². The maximum Gasteiger partial charge on any atom is 0.328 e. The Labute approximate surface area is 107 Å². The van der Waals surface area contributed by atoms with Crippen molar-refractivity contribution in [3.05, 3.63) is 33.1 Å². The molecule has 0 aliphatic carbocycles. The van der Waals surface area contributed by atoms with Crippen LogP contribution in [0.4, 0.5) is 0 Å². The van der Waals surface area contributed by atoms with E-state index >= 15 is 0 Å². The Morgan fingerprint density at radius 2 is 2.05 bits per heavy atom. The molecule has 19 heavy (non-hydrogen) atoms. The van der Waals surface area contributed by atoms with Crippen LogP contribution >= 0.6 is 0 Å². The molecule has 0 atom stereocenters. The molecule has 0 radical (unpaired) electrons. The Kier molecular flexibility index (Phi) is 3.50. The van der Waals surface area contributed by atoms with Crippen LogP contribution in [0.2, 0.25) is 0 Å². The number of hydrogen-bond donors (Lipinski definition) is 2. The average molecular weight is 267 g/mol. The summed E-state index contributed by atoms with van der Waals surface area (Å²) in [5.41, 5.74) is -1.15. The second kappa shape index (κ2) is 5.09. The molecular weight excluding hydrogens is 254 g/mol. The monoisotopic (exact) mass is 267 g/mol. The van der Waals surface area contributed by atoms with Crippen molar-refractivity contribution in [3.8, 4) is 0 Å². The molecular formula is C11H13N3O5. The lowest BCUT2D eigenvalue weighted by Crippen LogP contribution is -2.52. The number of carbonyl (C=O) groups excluding carboxylic acids is 1. The van der Waals surface area contributed by atoms with E-state index in [-0.39, 0.29) is 24.8 Å². The largest absolute Gasteiger partial charge is 0.481 e. The molecule has 1 aromatic heterocycles. The number of carboxylic acid groups (broad SMARTS) is 1. The summed E-state index contributed by atoms with van der Waals surface area (Å²) in [7, 11) is 0. The van der Waals surface area contributed by atoms with Crippen LogP contribution in [-0.4, -0.2) is 44.5 Å². The first-order chi connectivity index (χ1) is 8.95. The molecule has 0 spiro atoms. The van der Waals surface area contributed by atoms with E-state index in [1.165, 1.54) is 11.1 Å². The van der Waals surface area contributed by atoms with Crippen molar-refractivity contribution in [1.82, 2.24) is 14.5 Å². The molecule has 2 heterocycles. The molecule has 1 saturated heterocycles. The van der Waals surface area contributed by atoms with E-state index in [0.717, 1.165) is 10.6 Å². The number of aliphatic carboxylic acids is 1. The van der Waals surface area contributed by atoms with Gasteiger partial charge in [-0.15, -0.1) is 0 Å². The molecule has 0 saturated carbocycles. The number of nitrogens with zero attached hydrogens (tertiary/aromatic N) is 2. The smallest absolute Gasteiger partial charge is 0.328 e. The van der Waals surface area contributed by atoms with Crippen LogP contribution in [0, 0.1) is 5.92 Å². The summed E-state index contributed by atoms with van der Waals surface area (Å²) in [6, 6.07) is 1.16. The minimum atomic E-state index is -0.881. The molecule has 1 aliphatic heterocycles. The highest BCUT2D eigenvalue weighted by Crippen LogP contribution is 2.19. The molecule has 8 nitrogen and oxygen atoms in total. The number of aromatic nitrogens is 2. The number of carbonyl (C=O) groups is 2. The molecule has 1 aliphatic rings. The topological polar surface area (TPSA) is 112 Å². The maximum absolute atomic E-state index is 11.8. The molecule has 0 bridgehead atoms. The van der Waals surface area contributed by atoms with E-state index in [9.17, 15) is 19.2 Å². The Balaban J connectivity index is 1.91. The number of carboxylic acids is 1. The van der Waals surface area contributed by atoms with Crippen molar-refractivity contribution in [3.63, 3.8) is 0 Å². The lowest BCUT2D eigenvalue weighted by Gasteiger charge is -2.38. The number of likely N-dealkylation sites (tertiary alicyclic amines) is 1. The lowest BCUT2D eigenvalue weighted by molar-refractivity contribution is -0.145. The number of rotatable bonds is 4. The summed E-state index contributed by atoms with van der Waals surface area (Å²) in [5, 5.41) is 8.59. The predicted octanol–water partition coefficient (Wildman–Crippen LogP) is -1.53. The molecule has 8 heteroatoms. The summed E-state index contributed by atoms with van der Waals surface area (Å²) < 4.78 is 1.11. The maximum atomic E-state index is 11.8. The van der Waals surface area contributed by atoms with Crippen LogP contribution in [0.15, 0.2) is 21.9 Å². The molecule has 102 valence electrons. The number of hydrogen-bond acceptors (Lipinski definition) is 4. The van der Waals surface area contributed by atoms with Crippen molar-refractivity contribution in [2.45, 2.75) is 13.0 Å². The van der Waals surface area contributed by atoms with E-state index in [4.69, 9.17) is 5.11 Å². The van der Waals surface area contributed by atoms with Gasteiger partial charge in [0.25, 0.3) is 5.56 Å². The summed E-state index contributed by atoms with van der Waals surface area (Å²) in [6.07, 6.45) is 1.30. The van der Waals surface area contributed by atoms with Gasteiger partial charge >= 0.3 is 11.7 Å². The van der Waals surface area contributed by atoms with Crippen LogP contribution in [0.25, 0.3) is 0 Å². The van der Waals surface area contributed by atoms with E-state index in [0.29, 0.717) is 13.1 Å². The fourth-order valence-electron chi connectivity index (χ4n) is 1.96. The molecule has 0 aromatic carbocycles. The second-order valence-electron chi connectivity index (χ2n) is 4.50. The van der Waals surface area contributed by atoms with Gasteiger partial charge in [-0.05, 0) is 0 Å². The van der Waals surface area contributed by atoms with Gasteiger partial charge in [0.05, 0.1) is 6.42 Å². The molecule has 1 aromatic rings. The van der Waals surface area contributed by atoms with Gasteiger partial charge in [0, 0.05) is 31.3 Å². The lowest BCUT2D eigenvalue weighted by atomic mass is 9.96. The highest BCUT2D eigenvalue weighted by molar-refractivity contribution is 5.77. The van der Waals surface area contributed by atoms with Crippen LogP contribution in [0.3, 0.4) is 0 Å². The number of H-pyrrole nitrogens is 1. The predicted molar refractivity (Wildman–Crippen MR) is 63.6 cm³/mol. The molecule has 1 amide bonds. The third-order valence-corrected chi connectivity index (χ3v) is 2.98. The van der Waals surface area contributed by atoms with Gasteiger partial charge in [-0.25, -0.2) is 4.79 Å². The fourth-order valence-corrected chi connectivity index (χ4v) is 1.96. The van der Waals surface area contributed by atoms with E-state index in [2.05, 4.69) is 4.98 Å². The zero-order chi connectivity index (χ0) is 14.0. The Morgan fingerprint density at radius 1 is 1.37 bits per heavy atom. The van der Waals surface area contributed by atoms with Crippen LogP contribution in [0.1, 0.15) is 6.42 Å². The summed E-state index contributed by atoms with van der Waals surface area (Å²) in [4.78, 5) is 48.0. The van der Waals surface area contributed by atoms with Gasteiger partial charge in [-0.2, -0.15) is 0 Å². The van der Waals surface area contributed by atoms with E-state index in [1.807, 2.05) is 0 Å². The van der Waals surface area contributed by atoms with Crippen LogP contribution in [-0.2, 0) is 16.1 Å². The highest BCUT2D eigenvalue weighted by Gasteiger charge is 2.31. The van der Waals surface area contributed by atoms with Gasteiger partial charge in [-0.1, -0.05) is 0 Å². The average Bonchev–Trinajstić information content (AvgIpc) is 2.26. The third-order valence-electron chi connectivity index (χ3n) is 2.98. The Bertz CT molecular complexity index is 611. The van der Waals surface area contributed by atoms with Crippen molar-refractivity contribution in [2.24, 2.45) is 5.92 Å². The Morgan fingerprint density at radius 3 is 2.63 bits per heavy atom. The highest BCUT2D eigenvalue weighted by atomic mass is 16.4. The zero-order valence-electron chi connectivity index (χ0n) is 10.0. The van der Waals surface area contributed by atoms with Crippen molar-refractivity contribution >= 4 is 11.9 Å². The van der Waals surface area contributed by atoms with E-state index < -0.39 is 17.2 Å². The normalized spacial score (nSPS) is 15.1. The summed E-state index contributed by atoms with van der Waals surface area (Å²) in [6.45, 7) is 0.627.